The van der Waals surface area contributed by atoms with Crippen molar-refractivity contribution in [3.8, 4) is 34.1 Å². The van der Waals surface area contributed by atoms with E-state index >= 15 is 0 Å². The van der Waals surface area contributed by atoms with Gasteiger partial charge in [0.15, 0.2) is 23.0 Å². The summed E-state index contributed by atoms with van der Waals surface area (Å²) in [4.78, 5) is 0. The second kappa shape index (κ2) is 4.73. The first kappa shape index (κ1) is 14.3. The molecule has 0 fully saturated rings. The smallest absolute Gasteiger partial charge is 0.178 e. The van der Waals surface area contributed by atoms with Crippen LogP contribution in [0.5, 0.6) is 23.0 Å². The number of rotatable bonds is 1. The van der Waals surface area contributed by atoms with Gasteiger partial charge in [0.2, 0.25) is 0 Å². The molecular formula is C22H17NO2. The first-order valence-corrected chi connectivity index (χ1v) is 8.37. The normalized spacial score (nSPS) is 15.1. The Morgan fingerprint density at radius 1 is 0.840 bits per heavy atom. The minimum atomic E-state index is -0.0609. The van der Waals surface area contributed by atoms with Crippen LogP contribution in [0.25, 0.3) is 11.1 Å². The Morgan fingerprint density at radius 2 is 1.64 bits per heavy atom. The second-order valence-corrected chi connectivity index (χ2v) is 7.04. The minimum Gasteiger partial charge on any atom is -0.449 e. The quantitative estimate of drug-likeness (QED) is 0.443. The monoisotopic (exact) mass is 327 g/mol. The largest absolute Gasteiger partial charge is 0.449 e. The fraction of sp³-hybridized carbons (Fsp3) is 0.136. The van der Waals surface area contributed by atoms with Crippen LogP contribution in [0.1, 0.15) is 30.5 Å². The summed E-state index contributed by atoms with van der Waals surface area (Å²) in [7, 11) is 0. The molecule has 0 aromatic heterocycles. The van der Waals surface area contributed by atoms with Crippen molar-refractivity contribution < 1.29 is 9.47 Å². The van der Waals surface area contributed by atoms with Crippen LogP contribution in [-0.4, -0.2) is 6.21 Å². The molecule has 1 N–H and O–H groups in total. The SMILES string of the molecule is CC1(C)c2ccccc2-c2c1ccc1c2Oc2ccc(C=N)cc2O1. The Labute approximate surface area is 146 Å². The maximum absolute atomic E-state index is 7.41. The summed E-state index contributed by atoms with van der Waals surface area (Å²) in [5, 5.41) is 7.41. The summed E-state index contributed by atoms with van der Waals surface area (Å²) < 4.78 is 12.4. The van der Waals surface area contributed by atoms with Gasteiger partial charge in [-0.1, -0.05) is 44.2 Å². The average Bonchev–Trinajstić information content (AvgIpc) is 2.87. The number of hydrogen-bond donors (Lipinski definition) is 1. The van der Waals surface area contributed by atoms with Crippen molar-refractivity contribution >= 4 is 6.21 Å². The van der Waals surface area contributed by atoms with E-state index in [4.69, 9.17) is 14.9 Å². The fourth-order valence-electron chi connectivity index (χ4n) is 3.93. The van der Waals surface area contributed by atoms with Gasteiger partial charge >= 0.3 is 0 Å². The molecule has 0 unspecified atom stereocenters. The van der Waals surface area contributed by atoms with Gasteiger partial charge in [0.25, 0.3) is 0 Å². The van der Waals surface area contributed by atoms with E-state index in [0.29, 0.717) is 11.5 Å². The Hall–Kier alpha value is -3.07. The van der Waals surface area contributed by atoms with Crippen LogP contribution in [0, 0.1) is 5.41 Å². The zero-order valence-electron chi connectivity index (χ0n) is 14.1. The van der Waals surface area contributed by atoms with Crippen LogP contribution in [0.3, 0.4) is 0 Å². The fourth-order valence-corrected chi connectivity index (χ4v) is 3.93. The van der Waals surface area contributed by atoms with Crippen LogP contribution in [0.2, 0.25) is 0 Å². The Balaban J connectivity index is 1.74. The molecule has 0 amide bonds. The molecule has 0 radical (unpaired) electrons. The summed E-state index contributed by atoms with van der Waals surface area (Å²) >= 11 is 0. The molecule has 25 heavy (non-hydrogen) atoms. The van der Waals surface area contributed by atoms with Crippen LogP contribution in [-0.2, 0) is 5.41 Å². The molecule has 3 aromatic rings. The molecule has 2 aliphatic rings. The molecule has 1 aliphatic heterocycles. The highest BCUT2D eigenvalue weighted by Crippen LogP contribution is 2.58. The number of fused-ring (bicyclic) bond motifs is 6. The van der Waals surface area contributed by atoms with E-state index in [1.165, 1.54) is 22.9 Å². The molecule has 3 aromatic carbocycles. The third-order valence-corrected chi connectivity index (χ3v) is 5.23. The highest BCUT2D eigenvalue weighted by molar-refractivity contribution is 5.88. The van der Waals surface area contributed by atoms with E-state index in [1.54, 1.807) is 0 Å². The summed E-state index contributed by atoms with van der Waals surface area (Å²) in [6.07, 6.45) is 1.31. The topological polar surface area (TPSA) is 42.3 Å². The lowest BCUT2D eigenvalue weighted by molar-refractivity contribution is 0.360. The van der Waals surface area contributed by atoms with Gasteiger partial charge in [0, 0.05) is 17.2 Å². The van der Waals surface area contributed by atoms with Gasteiger partial charge in [-0.15, -0.1) is 0 Å². The van der Waals surface area contributed by atoms with Gasteiger partial charge in [0.05, 0.1) is 0 Å². The van der Waals surface area contributed by atoms with Crippen molar-refractivity contribution in [2.24, 2.45) is 0 Å². The van der Waals surface area contributed by atoms with Gasteiger partial charge in [-0.25, -0.2) is 0 Å². The summed E-state index contributed by atoms with van der Waals surface area (Å²) in [6, 6.07) is 18.2. The summed E-state index contributed by atoms with van der Waals surface area (Å²) in [6.45, 7) is 4.50. The van der Waals surface area contributed by atoms with Crippen molar-refractivity contribution in [3.05, 3.63) is 71.3 Å². The molecule has 1 aliphatic carbocycles. The number of ether oxygens (including phenoxy) is 2. The maximum Gasteiger partial charge on any atom is 0.178 e. The van der Waals surface area contributed by atoms with E-state index in [1.807, 2.05) is 24.3 Å². The molecule has 0 saturated heterocycles. The molecular weight excluding hydrogens is 310 g/mol. The van der Waals surface area contributed by atoms with Gasteiger partial charge in [-0.2, -0.15) is 0 Å². The number of nitrogens with one attached hydrogen (secondary N) is 1. The predicted octanol–water partition coefficient (Wildman–Crippen LogP) is 5.89. The van der Waals surface area contributed by atoms with Gasteiger partial charge in [-0.05, 0) is 46.5 Å². The predicted molar refractivity (Wildman–Crippen MR) is 98.5 cm³/mol. The van der Waals surface area contributed by atoms with E-state index < -0.39 is 0 Å². The highest BCUT2D eigenvalue weighted by Gasteiger charge is 2.39. The van der Waals surface area contributed by atoms with Gasteiger partial charge in [-0.3, -0.25) is 0 Å². The zero-order valence-corrected chi connectivity index (χ0v) is 14.1. The summed E-state index contributed by atoms with van der Waals surface area (Å²) in [5.41, 5.74) is 5.64. The lowest BCUT2D eigenvalue weighted by Gasteiger charge is -2.25. The third-order valence-electron chi connectivity index (χ3n) is 5.23. The van der Waals surface area contributed by atoms with E-state index in [0.717, 1.165) is 22.6 Å². The minimum absolute atomic E-state index is 0.0609. The molecule has 122 valence electrons. The van der Waals surface area contributed by atoms with Crippen LogP contribution in [0.15, 0.2) is 54.6 Å². The van der Waals surface area contributed by atoms with Gasteiger partial charge < -0.3 is 14.9 Å². The summed E-state index contributed by atoms with van der Waals surface area (Å²) in [5.74, 6) is 2.85. The molecule has 3 heteroatoms. The van der Waals surface area contributed by atoms with Crippen LogP contribution < -0.4 is 9.47 Å². The van der Waals surface area contributed by atoms with E-state index in [-0.39, 0.29) is 5.41 Å². The van der Waals surface area contributed by atoms with Crippen molar-refractivity contribution in [2.75, 3.05) is 0 Å². The van der Waals surface area contributed by atoms with E-state index in [2.05, 4.69) is 44.2 Å². The molecule has 5 rings (SSSR count). The van der Waals surface area contributed by atoms with Crippen molar-refractivity contribution in [1.82, 2.24) is 0 Å². The van der Waals surface area contributed by atoms with Crippen molar-refractivity contribution in [2.45, 2.75) is 19.3 Å². The lowest BCUT2D eigenvalue weighted by atomic mass is 9.82. The number of hydrogen-bond acceptors (Lipinski definition) is 3. The lowest BCUT2D eigenvalue weighted by Crippen LogP contribution is -2.15. The molecule has 0 bridgehead atoms. The first-order chi connectivity index (χ1) is 12.1. The number of benzene rings is 3. The highest BCUT2D eigenvalue weighted by atomic mass is 16.6. The third kappa shape index (κ3) is 1.84. The van der Waals surface area contributed by atoms with Crippen LogP contribution in [0.4, 0.5) is 0 Å². The first-order valence-electron chi connectivity index (χ1n) is 8.37. The second-order valence-electron chi connectivity index (χ2n) is 7.04. The molecule has 3 nitrogen and oxygen atoms in total. The van der Waals surface area contributed by atoms with Gasteiger partial charge in [0.1, 0.15) is 0 Å². The average molecular weight is 327 g/mol. The zero-order chi connectivity index (χ0) is 17.2. The molecule has 0 atom stereocenters. The standard InChI is InChI=1S/C22H17NO2/c1-22(2)15-6-4-3-5-14(15)20-16(22)8-10-18-21(20)25-17-9-7-13(12-23)11-19(17)24-18/h3-12,23H,1-2H3. The van der Waals surface area contributed by atoms with Crippen LogP contribution >= 0.6 is 0 Å². The Morgan fingerprint density at radius 3 is 2.48 bits per heavy atom. The van der Waals surface area contributed by atoms with Crippen molar-refractivity contribution in [1.29, 1.82) is 5.41 Å². The Kier molecular flexibility index (Phi) is 2.70. The van der Waals surface area contributed by atoms with E-state index in [9.17, 15) is 0 Å². The van der Waals surface area contributed by atoms with Crippen molar-refractivity contribution in [3.63, 3.8) is 0 Å². The Bertz CT molecular complexity index is 1050. The molecule has 1 heterocycles. The maximum atomic E-state index is 7.41. The molecule has 0 spiro atoms. The molecule has 0 saturated carbocycles.